The molecule has 0 aliphatic rings. The first kappa shape index (κ1) is 24.1. The Balaban J connectivity index is 3.60. The molecule has 1 aromatic carbocycles. The Labute approximate surface area is 166 Å². The molecule has 0 saturated heterocycles. The second-order valence-electron chi connectivity index (χ2n) is 6.96. The molecule has 0 unspecified atom stereocenters. The third-order valence-corrected chi connectivity index (χ3v) is 5.71. The Morgan fingerprint density at radius 3 is 1.71 bits per heavy atom. The molecule has 0 spiro atoms. The van der Waals surface area contributed by atoms with Crippen LogP contribution >= 0.6 is 0 Å². The zero-order valence-corrected chi connectivity index (χ0v) is 17.3. The van der Waals surface area contributed by atoms with Crippen molar-refractivity contribution in [3.8, 4) is 0 Å². The van der Waals surface area contributed by atoms with Crippen molar-refractivity contribution in [1.82, 2.24) is 0 Å². The average molecular weight is 415 g/mol. The van der Waals surface area contributed by atoms with Crippen LogP contribution in [0.5, 0.6) is 0 Å². The summed E-state index contributed by atoms with van der Waals surface area (Å²) in [5.41, 5.74) is -0.532. The molecule has 0 amide bonds. The first-order valence-electron chi connectivity index (χ1n) is 9.77. The van der Waals surface area contributed by atoms with Crippen molar-refractivity contribution < 1.29 is 32.8 Å². The van der Waals surface area contributed by atoms with Crippen molar-refractivity contribution in [3.63, 3.8) is 0 Å². The highest BCUT2D eigenvalue weighted by Crippen LogP contribution is 2.30. The fourth-order valence-electron chi connectivity index (χ4n) is 3.40. The highest BCUT2D eigenvalue weighted by Gasteiger charge is 2.29. The highest BCUT2D eigenvalue weighted by atomic mass is 32.2. The predicted molar refractivity (Wildman–Crippen MR) is 106 cm³/mol. The van der Waals surface area contributed by atoms with Crippen LogP contribution in [0, 0.1) is 0 Å². The van der Waals surface area contributed by atoms with Gasteiger partial charge in [0.25, 0.3) is 10.1 Å². The maximum Gasteiger partial charge on any atom is 0.336 e. The fourth-order valence-corrected chi connectivity index (χ4v) is 4.21. The molecule has 0 fully saturated rings. The fraction of sp³-hybridized carbons (Fsp3) is 0.600. The van der Waals surface area contributed by atoms with Gasteiger partial charge in [-0.05, 0) is 42.9 Å². The Bertz CT molecular complexity index is 797. The van der Waals surface area contributed by atoms with E-state index in [1.165, 1.54) is 0 Å². The van der Waals surface area contributed by atoms with Crippen LogP contribution in [0.4, 0.5) is 0 Å². The average Bonchev–Trinajstić information content (AvgIpc) is 2.60. The number of carboxylic acids is 2. The molecule has 1 rings (SSSR count). The van der Waals surface area contributed by atoms with E-state index in [0.717, 1.165) is 44.6 Å². The van der Waals surface area contributed by atoms with E-state index < -0.39 is 32.5 Å². The number of hydrogen-bond acceptors (Lipinski definition) is 4. The zero-order chi connectivity index (χ0) is 21.3. The van der Waals surface area contributed by atoms with Gasteiger partial charge in [-0.1, -0.05) is 52.4 Å². The number of carbonyl (C=O) groups is 2. The van der Waals surface area contributed by atoms with E-state index in [0.29, 0.717) is 12.8 Å². The van der Waals surface area contributed by atoms with Gasteiger partial charge in [-0.25, -0.2) is 9.59 Å². The van der Waals surface area contributed by atoms with Crippen LogP contribution in [0.25, 0.3) is 0 Å². The summed E-state index contributed by atoms with van der Waals surface area (Å²) in [6, 6.07) is 0.784. The first-order chi connectivity index (χ1) is 13.1. The van der Waals surface area contributed by atoms with Crippen molar-refractivity contribution in [2.75, 3.05) is 0 Å². The van der Waals surface area contributed by atoms with Gasteiger partial charge in [-0.2, -0.15) is 8.42 Å². The topological polar surface area (TPSA) is 129 Å². The molecule has 7 nitrogen and oxygen atoms in total. The summed E-state index contributed by atoms with van der Waals surface area (Å²) in [6.45, 7) is 4.07. The van der Waals surface area contributed by atoms with Gasteiger partial charge in [-0.3, -0.25) is 4.55 Å². The summed E-state index contributed by atoms with van der Waals surface area (Å²) in [4.78, 5) is 23.0. The quantitative estimate of drug-likeness (QED) is 0.318. The Morgan fingerprint density at radius 2 is 1.32 bits per heavy atom. The molecule has 0 radical (unpaired) electrons. The third kappa shape index (κ3) is 6.60. The van der Waals surface area contributed by atoms with Crippen LogP contribution < -0.4 is 0 Å². The lowest BCUT2D eigenvalue weighted by molar-refractivity contribution is 0.0650. The van der Waals surface area contributed by atoms with E-state index in [2.05, 4.69) is 0 Å². The summed E-state index contributed by atoms with van der Waals surface area (Å²) in [5.74, 6) is -2.94. The second-order valence-corrected chi connectivity index (χ2v) is 8.35. The minimum Gasteiger partial charge on any atom is -0.478 e. The maximum atomic E-state index is 11.9. The molecule has 0 atom stereocenters. The lowest BCUT2D eigenvalue weighted by Gasteiger charge is -2.18. The molecule has 1 aromatic rings. The van der Waals surface area contributed by atoms with E-state index in [1.54, 1.807) is 0 Å². The molecule has 158 valence electrons. The van der Waals surface area contributed by atoms with Crippen molar-refractivity contribution in [2.45, 2.75) is 83.0 Å². The minimum absolute atomic E-state index is 0.215. The highest BCUT2D eigenvalue weighted by molar-refractivity contribution is 7.85. The largest absolute Gasteiger partial charge is 0.478 e. The van der Waals surface area contributed by atoms with Gasteiger partial charge in [-0.15, -0.1) is 0 Å². The van der Waals surface area contributed by atoms with Crippen LogP contribution in [-0.2, 0) is 23.0 Å². The van der Waals surface area contributed by atoms with E-state index in [1.807, 2.05) is 13.8 Å². The van der Waals surface area contributed by atoms with Crippen molar-refractivity contribution >= 4 is 22.1 Å². The van der Waals surface area contributed by atoms with Gasteiger partial charge in [0.15, 0.2) is 0 Å². The molecule has 8 heteroatoms. The van der Waals surface area contributed by atoms with E-state index in [9.17, 15) is 32.8 Å². The van der Waals surface area contributed by atoms with E-state index in [4.69, 9.17) is 0 Å². The van der Waals surface area contributed by atoms with Crippen LogP contribution in [-0.4, -0.2) is 35.1 Å². The maximum absolute atomic E-state index is 11.9. The molecule has 3 N–H and O–H groups in total. The van der Waals surface area contributed by atoms with Crippen LogP contribution in [0.1, 0.15) is 97.1 Å². The van der Waals surface area contributed by atoms with Gasteiger partial charge in [0, 0.05) is 0 Å². The number of aromatic carboxylic acids is 2. The number of rotatable bonds is 13. The van der Waals surface area contributed by atoms with Crippen molar-refractivity contribution in [2.24, 2.45) is 0 Å². The molecule has 0 aliphatic heterocycles. The van der Waals surface area contributed by atoms with Gasteiger partial charge >= 0.3 is 11.9 Å². The Kier molecular flexibility index (Phi) is 9.61. The first-order valence-corrected chi connectivity index (χ1v) is 11.2. The second kappa shape index (κ2) is 11.2. The third-order valence-electron chi connectivity index (χ3n) is 4.79. The number of hydrogen-bond donors (Lipinski definition) is 3. The summed E-state index contributed by atoms with van der Waals surface area (Å²) in [7, 11) is -4.69. The smallest absolute Gasteiger partial charge is 0.336 e. The molecule has 0 heterocycles. The van der Waals surface area contributed by atoms with Crippen LogP contribution in [0.15, 0.2) is 11.0 Å². The molecular weight excluding hydrogens is 384 g/mol. The van der Waals surface area contributed by atoms with E-state index >= 15 is 0 Å². The summed E-state index contributed by atoms with van der Waals surface area (Å²) < 4.78 is 33.6. The van der Waals surface area contributed by atoms with Gasteiger partial charge in [0.05, 0.1) is 16.0 Å². The molecule has 28 heavy (non-hydrogen) atoms. The monoisotopic (exact) mass is 414 g/mol. The summed E-state index contributed by atoms with van der Waals surface area (Å²) in [6.07, 6.45) is 7.28. The lowest BCUT2D eigenvalue weighted by Crippen LogP contribution is -2.18. The Hall–Kier alpha value is -1.93. The van der Waals surface area contributed by atoms with Crippen LogP contribution in [0.3, 0.4) is 0 Å². The standard InChI is InChI=1S/C20H30O7S/c1-3-5-7-9-11-14-15(12-10-8-6-4-2)18(20(23)24)16(19(21)22)13-17(14)28(25,26)27/h13H,3-12H2,1-2H3,(H,21,22)(H,23,24)(H,25,26,27). The normalized spacial score (nSPS) is 11.5. The molecule has 0 aromatic heterocycles. The molecule has 0 bridgehead atoms. The molecular formula is C20H30O7S. The van der Waals surface area contributed by atoms with Crippen LogP contribution in [0.2, 0.25) is 0 Å². The summed E-state index contributed by atoms with van der Waals surface area (Å²) in [5, 5.41) is 19.1. The summed E-state index contributed by atoms with van der Waals surface area (Å²) >= 11 is 0. The van der Waals surface area contributed by atoms with E-state index in [-0.39, 0.29) is 29.5 Å². The lowest BCUT2D eigenvalue weighted by atomic mass is 9.89. The van der Waals surface area contributed by atoms with Crippen molar-refractivity contribution in [3.05, 3.63) is 28.3 Å². The predicted octanol–water partition coefficient (Wildman–Crippen LogP) is 4.58. The molecule has 0 aliphatic carbocycles. The van der Waals surface area contributed by atoms with Gasteiger partial charge in [0.2, 0.25) is 0 Å². The van der Waals surface area contributed by atoms with Gasteiger partial charge in [0.1, 0.15) is 0 Å². The minimum atomic E-state index is -4.69. The molecule has 0 saturated carbocycles. The number of carboxylic acid groups (broad SMARTS) is 2. The van der Waals surface area contributed by atoms with Gasteiger partial charge < -0.3 is 10.2 Å². The van der Waals surface area contributed by atoms with Crippen molar-refractivity contribution in [1.29, 1.82) is 0 Å². The SMILES string of the molecule is CCCCCCc1c(S(=O)(=O)O)cc(C(=O)O)c(C(=O)O)c1CCCCCC. The number of unbranched alkanes of at least 4 members (excludes halogenated alkanes) is 6. The zero-order valence-electron chi connectivity index (χ0n) is 16.5. The number of benzene rings is 1. The Morgan fingerprint density at radius 1 is 0.821 bits per heavy atom.